The highest BCUT2D eigenvalue weighted by Crippen LogP contribution is 2.17. The van der Waals surface area contributed by atoms with Crippen molar-refractivity contribution >= 4 is 6.29 Å². The lowest BCUT2D eigenvalue weighted by Gasteiger charge is -1.98. The van der Waals surface area contributed by atoms with Crippen LogP contribution in [0.3, 0.4) is 0 Å². The van der Waals surface area contributed by atoms with Crippen LogP contribution >= 0.6 is 0 Å². The maximum Gasteiger partial charge on any atom is 0.116 e. The minimum absolute atomic E-state index is 0.750. The Hall–Kier alpha value is -1.89. The number of aldehydes is 1. The fourth-order valence-corrected chi connectivity index (χ4v) is 1.26. The van der Waals surface area contributed by atoms with E-state index in [4.69, 9.17) is 4.79 Å². The molecule has 0 amide bonds. The van der Waals surface area contributed by atoms with Crippen molar-refractivity contribution in [3.8, 4) is 11.1 Å². The van der Waals surface area contributed by atoms with E-state index in [1.165, 1.54) is 18.1 Å². The van der Waals surface area contributed by atoms with E-state index in [9.17, 15) is 0 Å². The molecule has 0 aliphatic rings. The van der Waals surface area contributed by atoms with Gasteiger partial charge in [-0.05, 0) is 18.1 Å². The standard InChI is InChI=1S/C12H10.C2H4O/c1-3-7-11(8-4-1)12-9-5-2-6-10-12;1-2-3/h1-10H;2H,1H3. The van der Waals surface area contributed by atoms with Gasteiger partial charge >= 0.3 is 0 Å². The van der Waals surface area contributed by atoms with Gasteiger partial charge in [0.25, 0.3) is 0 Å². The molecule has 1 nitrogen and oxygen atoms in total. The summed E-state index contributed by atoms with van der Waals surface area (Å²) in [4.78, 5) is 8.81. The van der Waals surface area contributed by atoms with Crippen LogP contribution in [0.25, 0.3) is 11.1 Å². The van der Waals surface area contributed by atoms with Crippen molar-refractivity contribution in [2.24, 2.45) is 0 Å². The first kappa shape index (κ1) is 11.2. The summed E-state index contributed by atoms with van der Waals surface area (Å²) in [5.41, 5.74) is 2.55. The summed E-state index contributed by atoms with van der Waals surface area (Å²) < 4.78 is 0. The van der Waals surface area contributed by atoms with Gasteiger partial charge in [0.05, 0.1) is 0 Å². The molecule has 0 radical (unpaired) electrons. The molecule has 2 aromatic carbocycles. The Balaban J connectivity index is 0.000000337. The molecule has 0 saturated heterocycles. The third kappa shape index (κ3) is 3.77. The van der Waals surface area contributed by atoms with Crippen molar-refractivity contribution in [3.63, 3.8) is 0 Å². The van der Waals surface area contributed by atoms with Gasteiger partial charge < -0.3 is 4.79 Å². The summed E-state index contributed by atoms with van der Waals surface area (Å²) in [6, 6.07) is 20.8. The lowest BCUT2D eigenvalue weighted by atomic mass is 10.1. The van der Waals surface area contributed by atoms with Crippen LogP contribution in [0.15, 0.2) is 60.7 Å². The smallest absolute Gasteiger partial charge is 0.116 e. The molecular formula is C14H14O. The summed E-state index contributed by atoms with van der Waals surface area (Å²) in [7, 11) is 0. The molecule has 0 unspecified atom stereocenters. The second-order valence-corrected chi connectivity index (χ2v) is 2.97. The first-order valence-corrected chi connectivity index (χ1v) is 4.88. The van der Waals surface area contributed by atoms with Gasteiger partial charge in [0.1, 0.15) is 6.29 Å². The van der Waals surface area contributed by atoms with E-state index in [1.54, 1.807) is 0 Å². The number of hydrogen-bond acceptors (Lipinski definition) is 1. The van der Waals surface area contributed by atoms with Crippen molar-refractivity contribution < 1.29 is 4.79 Å². The molecule has 0 aliphatic carbocycles. The lowest BCUT2D eigenvalue weighted by molar-refractivity contribution is -0.106. The van der Waals surface area contributed by atoms with Crippen LogP contribution in [0.2, 0.25) is 0 Å². The highest BCUT2D eigenvalue weighted by Gasteiger charge is 1.91. The van der Waals surface area contributed by atoms with Crippen molar-refractivity contribution in [1.29, 1.82) is 0 Å². The van der Waals surface area contributed by atoms with Crippen LogP contribution < -0.4 is 0 Å². The quantitative estimate of drug-likeness (QED) is 0.640. The van der Waals surface area contributed by atoms with Gasteiger partial charge in [-0.15, -0.1) is 0 Å². The van der Waals surface area contributed by atoms with E-state index < -0.39 is 0 Å². The van der Waals surface area contributed by atoms with E-state index in [-0.39, 0.29) is 0 Å². The molecule has 0 aromatic heterocycles. The minimum atomic E-state index is 0.750. The fourth-order valence-electron chi connectivity index (χ4n) is 1.26. The lowest BCUT2D eigenvalue weighted by Crippen LogP contribution is -1.73. The zero-order valence-corrected chi connectivity index (χ0v) is 8.76. The first-order valence-electron chi connectivity index (χ1n) is 4.88. The molecule has 0 spiro atoms. The normalized spacial score (nSPS) is 8.60. The van der Waals surface area contributed by atoms with Crippen molar-refractivity contribution in [1.82, 2.24) is 0 Å². The topological polar surface area (TPSA) is 17.1 Å². The summed E-state index contributed by atoms with van der Waals surface area (Å²) in [5.74, 6) is 0. The Morgan fingerprint density at radius 2 is 1.00 bits per heavy atom. The maximum absolute atomic E-state index is 8.81. The predicted molar refractivity (Wildman–Crippen MR) is 63.6 cm³/mol. The summed E-state index contributed by atoms with van der Waals surface area (Å²) in [6.07, 6.45) is 0.750. The summed E-state index contributed by atoms with van der Waals surface area (Å²) in [5, 5.41) is 0. The van der Waals surface area contributed by atoms with Crippen molar-refractivity contribution in [2.75, 3.05) is 0 Å². The molecule has 76 valence electrons. The Morgan fingerprint density at radius 3 is 1.27 bits per heavy atom. The van der Waals surface area contributed by atoms with Crippen LogP contribution in [0.4, 0.5) is 0 Å². The number of benzene rings is 2. The van der Waals surface area contributed by atoms with Crippen molar-refractivity contribution in [2.45, 2.75) is 6.92 Å². The van der Waals surface area contributed by atoms with Crippen LogP contribution in [0, 0.1) is 0 Å². The molecule has 0 saturated carbocycles. The Kier molecular flexibility index (Phi) is 4.88. The predicted octanol–water partition coefficient (Wildman–Crippen LogP) is 3.56. The molecular weight excluding hydrogens is 184 g/mol. The van der Waals surface area contributed by atoms with Crippen LogP contribution in [0.5, 0.6) is 0 Å². The molecule has 0 fully saturated rings. The van der Waals surface area contributed by atoms with E-state index in [2.05, 4.69) is 48.5 Å². The fraction of sp³-hybridized carbons (Fsp3) is 0.0714. The van der Waals surface area contributed by atoms with E-state index in [0.29, 0.717) is 0 Å². The molecule has 1 heteroatoms. The van der Waals surface area contributed by atoms with E-state index in [0.717, 1.165) is 6.29 Å². The van der Waals surface area contributed by atoms with Crippen LogP contribution in [-0.2, 0) is 4.79 Å². The molecule has 2 rings (SSSR count). The second-order valence-electron chi connectivity index (χ2n) is 2.97. The molecule has 0 heterocycles. The minimum Gasteiger partial charge on any atom is -0.304 e. The molecule has 0 N–H and O–H groups in total. The second kappa shape index (κ2) is 6.55. The average Bonchev–Trinajstić information content (AvgIpc) is 2.32. The highest BCUT2D eigenvalue weighted by molar-refractivity contribution is 5.62. The van der Waals surface area contributed by atoms with E-state index >= 15 is 0 Å². The largest absolute Gasteiger partial charge is 0.304 e. The van der Waals surface area contributed by atoms with Crippen LogP contribution in [-0.4, -0.2) is 6.29 Å². The van der Waals surface area contributed by atoms with Gasteiger partial charge in [0.15, 0.2) is 0 Å². The summed E-state index contributed by atoms with van der Waals surface area (Å²) in [6.45, 7) is 1.44. The van der Waals surface area contributed by atoms with E-state index in [1.807, 2.05) is 12.1 Å². The number of carbonyl (C=O) groups excluding carboxylic acids is 1. The average molecular weight is 198 g/mol. The maximum atomic E-state index is 8.81. The Morgan fingerprint density at radius 1 is 0.733 bits per heavy atom. The highest BCUT2D eigenvalue weighted by atomic mass is 16.1. The molecule has 0 aliphatic heterocycles. The van der Waals surface area contributed by atoms with Gasteiger partial charge in [-0.3, -0.25) is 0 Å². The molecule has 0 bridgehead atoms. The molecule has 0 atom stereocenters. The first-order chi connectivity index (χ1) is 7.38. The zero-order chi connectivity index (χ0) is 10.9. The number of rotatable bonds is 1. The Bertz CT molecular complexity index is 341. The zero-order valence-electron chi connectivity index (χ0n) is 8.76. The monoisotopic (exact) mass is 198 g/mol. The van der Waals surface area contributed by atoms with Gasteiger partial charge in [-0.2, -0.15) is 0 Å². The van der Waals surface area contributed by atoms with Gasteiger partial charge in [-0.25, -0.2) is 0 Å². The SMILES string of the molecule is CC=O.c1ccc(-c2ccccc2)cc1. The Labute approximate surface area is 90.4 Å². The third-order valence-electron chi connectivity index (χ3n) is 1.88. The number of hydrogen-bond donors (Lipinski definition) is 0. The summed E-state index contributed by atoms with van der Waals surface area (Å²) >= 11 is 0. The number of carbonyl (C=O) groups is 1. The van der Waals surface area contributed by atoms with Gasteiger partial charge in [0, 0.05) is 0 Å². The molecule has 15 heavy (non-hydrogen) atoms. The van der Waals surface area contributed by atoms with Crippen molar-refractivity contribution in [3.05, 3.63) is 60.7 Å². The molecule has 2 aromatic rings. The van der Waals surface area contributed by atoms with Gasteiger partial charge in [0.2, 0.25) is 0 Å². The van der Waals surface area contributed by atoms with Crippen LogP contribution in [0.1, 0.15) is 6.92 Å². The third-order valence-corrected chi connectivity index (χ3v) is 1.88. The van der Waals surface area contributed by atoms with Gasteiger partial charge in [-0.1, -0.05) is 60.7 Å².